The Balaban J connectivity index is 0.00000441. The Morgan fingerprint density at radius 2 is 1.91 bits per heavy atom. The summed E-state index contributed by atoms with van der Waals surface area (Å²) in [6.45, 7) is 5.54. The third-order valence-electron chi connectivity index (χ3n) is 3.28. The first kappa shape index (κ1) is 20.7. The fourth-order valence-corrected chi connectivity index (χ4v) is 2.04. The molecule has 2 atom stereocenters. The molecule has 0 bridgehead atoms. The van der Waals surface area contributed by atoms with Gasteiger partial charge in [-0.3, -0.25) is 4.79 Å². The van der Waals surface area contributed by atoms with Crippen LogP contribution >= 0.6 is 12.4 Å². The van der Waals surface area contributed by atoms with Gasteiger partial charge in [0.15, 0.2) is 11.5 Å². The molecular formula is C16H26ClNO4. The van der Waals surface area contributed by atoms with Gasteiger partial charge in [0, 0.05) is 6.92 Å². The first-order chi connectivity index (χ1) is 9.85. The van der Waals surface area contributed by atoms with E-state index in [1.54, 1.807) is 18.2 Å². The van der Waals surface area contributed by atoms with Crippen molar-refractivity contribution in [2.75, 3.05) is 7.11 Å². The highest BCUT2D eigenvalue weighted by Crippen LogP contribution is 2.31. The summed E-state index contributed by atoms with van der Waals surface area (Å²) in [5.41, 5.74) is 6.84. The number of halogens is 1. The molecule has 0 heterocycles. The molecule has 0 saturated heterocycles. The molecule has 0 aliphatic rings. The highest BCUT2D eigenvalue weighted by molar-refractivity contribution is 5.85. The minimum Gasteiger partial charge on any atom is -0.493 e. The molecule has 1 aromatic rings. The Labute approximate surface area is 138 Å². The zero-order valence-electron chi connectivity index (χ0n) is 13.5. The fourth-order valence-electron chi connectivity index (χ4n) is 2.04. The predicted octanol–water partition coefficient (Wildman–Crippen LogP) is 2.84. The lowest BCUT2D eigenvalue weighted by molar-refractivity contribution is -0.132. The molecule has 0 aliphatic carbocycles. The maximum Gasteiger partial charge on any atom is 0.308 e. The molecular weight excluding hydrogens is 306 g/mol. The molecule has 5 nitrogen and oxygen atoms in total. The van der Waals surface area contributed by atoms with Crippen LogP contribution in [-0.2, 0) is 4.79 Å². The van der Waals surface area contributed by atoms with Gasteiger partial charge >= 0.3 is 5.97 Å². The Morgan fingerprint density at radius 3 is 2.41 bits per heavy atom. The Kier molecular flexibility index (Phi) is 9.09. The van der Waals surface area contributed by atoms with Gasteiger partial charge in [0.2, 0.25) is 0 Å². The van der Waals surface area contributed by atoms with E-state index in [1.165, 1.54) is 14.0 Å². The lowest BCUT2D eigenvalue weighted by Crippen LogP contribution is -2.26. The van der Waals surface area contributed by atoms with Crippen molar-refractivity contribution < 1.29 is 19.4 Å². The fraction of sp³-hybridized carbons (Fsp3) is 0.562. The summed E-state index contributed by atoms with van der Waals surface area (Å²) in [7, 11) is 1.49. The maximum atomic E-state index is 11.0. The van der Waals surface area contributed by atoms with Gasteiger partial charge in [0.1, 0.15) is 0 Å². The summed E-state index contributed by atoms with van der Waals surface area (Å²) in [5.74, 6) is 0.877. The zero-order valence-corrected chi connectivity index (χ0v) is 14.4. The van der Waals surface area contributed by atoms with Crippen molar-refractivity contribution in [2.45, 2.75) is 45.8 Å². The minimum atomic E-state index is -0.614. The zero-order chi connectivity index (χ0) is 16.0. The van der Waals surface area contributed by atoms with E-state index in [9.17, 15) is 9.90 Å². The molecule has 126 valence electrons. The molecule has 0 saturated carbocycles. The number of carbonyl (C=O) groups is 1. The predicted molar refractivity (Wildman–Crippen MR) is 88.6 cm³/mol. The van der Waals surface area contributed by atoms with Crippen molar-refractivity contribution in [3.63, 3.8) is 0 Å². The lowest BCUT2D eigenvalue weighted by atomic mass is 9.96. The minimum absolute atomic E-state index is 0. The summed E-state index contributed by atoms with van der Waals surface area (Å²) in [6.07, 6.45) is 0.946. The van der Waals surface area contributed by atoms with E-state index in [4.69, 9.17) is 15.2 Å². The second-order valence-electron chi connectivity index (χ2n) is 5.57. The quantitative estimate of drug-likeness (QED) is 0.593. The van der Waals surface area contributed by atoms with Gasteiger partial charge in [0.25, 0.3) is 0 Å². The number of aliphatic hydroxyl groups is 1. The number of hydrogen-bond donors (Lipinski definition) is 2. The van der Waals surface area contributed by atoms with Crippen LogP contribution in [0, 0.1) is 5.92 Å². The second kappa shape index (κ2) is 9.66. The van der Waals surface area contributed by atoms with Gasteiger partial charge in [-0.25, -0.2) is 0 Å². The van der Waals surface area contributed by atoms with Gasteiger partial charge in [-0.2, -0.15) is 0 Å². The van der Waals surface area contributed by atoms with Gasteiger partial charge in [-0.15, -0.1) is 12.4 Å². The van der Waals surface area contributed by atoms with Crippen LogP contribution in [0.4, 0.5) is 0 Å². The van der Waals surface area contributed by atoms with E-state index in [-0.39, 0.29) is 12.4 Å². The highest BCUT2D eigenvalue weighted by Gasteiger charge is 2.19. The van der Waals surface area contributed by atoms with E-state index in [2.05, 4.69) is 13.8 Å². The van der Waals surface area contributed by atoms with E-state index >= 15 is 0 Å². The van der Waals surface area contributed by atoms with Crippen LogP contribution in [0.2, 0.25) is 0 Å². The Bertz CT molecular complexity index is 479. The van der Waals surface area contributed by atoms with Crippen LogP contribution in [0.3, 0.4) is 0 Å². The molecule has 0 amide bonds. The third kappa shape index (κ3) is 6.22. The normalized spacial score (nSPS) is 13.2. The molecule has 6 heteroatoms. The van der Waals surface area contributed by atoms with Gasteiger partial charge in [-0.05, 0) is 36.5 Å². The topological polar surface area (TPSA) is 81.8 Å². The Morgan fingerprint density at radius 1 is 1.27 bits per heavy atom. The summed E-state index contributed by atoms with van der Waals surface area (Å²) < 4.78 is 10.2. The van der Waals surface area contributed by atoms with Crippen molar-refractivity contribution in [3.8, 4) is 11.5 Å². The summed E-state index contributed by atoms with van der Waals surface area (Å²) >= 11 is 0. The van der Waals surface area contributed by atoms with Crippen LogP contribution in [0.5, 0.6) is 11.5 Å². The van der Waals surface area contributed by atoms with Crippen molar-refractivity contribution >= 4 is 18.4 Å². The number of ether oxygens (including phenoxy) is 2. The van der Waals surface area contributed by atoms with E-state index in [0.29, 0.717) is 23.8 Å². The molecule has 0 fully saturated rings. The van der Waals surface area contributed by atoms with Crippen molar-refractivity contribution in [1.82, 2.24) is 0 Å². The number of esters is 1. The average Bonchev–Trinajstić information content (AvgIpc) is 2.43. The molecule has 1 rings (SSSR count). The van der Waals surface area contributed by atoms with Crippen LogP contribution in [0.15, 0.2) is 18.2 Å². The summed E-state index contributed by atoms with van der Waals surface area (Å²) in [6, 6.07) is 4.57. The second-order valence-corrected chi connectivity index (χ2v) is 5.57. The number of carbonyl (C=O) groups excluding carboxylic acids is 1. The largest absolute Gasteiger partial charge is 0.493 e. The van der Waals surface area contributed by atoms with Crippen LogP contribution in [-0.4, -0.2) is 24.3 Å². The highest BCUT2D eigenvalue weighted by atomic mass is 35.5. The summed E-state index contributed by atoms with van der Waals surface area (Å²) in [5, 5.41) is 10.1. The third-order valence-corrected chi connectivity index (χ3v) is 3.28. The molecule has 3 N–H and O–H groups in total. The number of hydrogen-bond acceptors (Lipinski definition) is 5. The molecule has 0 aliphatic heterocycles. The van der Waals surface area contributed by atoms with E-state index in [0.717, 1.165) is 12.0 Å². The molecule has 0 spiro atoms. The van der Waals surface area contributed by atoms with Gasteiger partial charge in [0.05, 0.1) is 19.3 Å². The van der Waals surface area contributed by atoms with Crippen LogP contribution in [0.25, 0.3) is 0 Å². The van der Waals surface area contributed by atoms with E-state index < -0.39 is 18.1 Å². The molecule has 0 radical (unpaired) electrons. The average molecular weight is 332 g/mol. The van der Waals surface area contributed by atoms with E-state index in [1.807, 2.05) is 0 Å². The van der Waals surface area contributed by atoms with Crippen LogP contribution < -0.4 is 15.2 Å². The first-order valence-electron chi connectivity index (χ1n) is 7.15. The van der Waals surface area contributed by atoms with Crippen molar-refractivity contribution in [2.24, 2.45) is 11.7 Å². The number of nitrogens with two attached hydrogens (primary N) is 1. The number of rotatable bonds is 7. The van der Waals surface area contributed by atoms with Crippen molar-refractivity contribution in [3.05, 3.63) is 23.8 Å². The van der Waals surface area contributed by atoms with Crippen molar-refractivity contribution in [1.29, 1.82) is 0 Å². The van der Waals surface area contributed by atoms with Gasteiger partial charge in [-0.1, -0.05) is 19.9 Å². The number of benzene rings is 1. The van der Waals surface area contributed by atoms with Gasteiger partial charge < -0.3 is 20.3 Å². The Hall–Kier alpha value is -1.30. The standard InChI is InChI=1S/C16H25NO4.ClH/c1-10(2)5-7-13(19)16(17)12-6-8-14(21-11(3)18)15(9-12)20-4;/h6,8-10,13,16,19H,5,7,17H2,1-4H3;1H/t13-,16+;/m0./s1. The molecule has 22 heavy (non-hydrogen) atoms. The maximum absolute atomic E-state index is 11.0. The van der Waals surface area contributed by atoms with Crippen LogP contribution in [0.1, 0.15) is 45.2 Å². The molecule has 1 aromatic carbocycles. The first-order valence-corrected chi connectivity index (χ1v) is 7.15. The molecule has 0 aromatic heterocycles. The monoisotopic (exact) mass is 331 g/mol. The number of aliphatic hydroxyl groups excluding tert-OH is 1. The SMILES string of the molecule is COc1cc([C@@H](N)[C@@H](O)CCC(C)C)ccc1OC(C)=O.Cl. The smallest absolute Gasteiger partial charge is 0.308 e. The summed E-state index contributed by atoms with van der Waals surface area (Å²) in [4.78, 5) is 11.0. The lowest BCUT2D eigenvalue weighted by Gasteiger charge is -2.21. The molecule has 0 unspecified atom stereocenters. The number of methoxy groups -OCH3 is 1.